The van der Waals surface area contributed by atoms with Crippen molar-refractivity contribution >= 4 is 23.1 Å². The van der Waals surface area contributed by atoms with E-state index in [1.54, 1.807) is 23.8 Å². The van der Waals surface area contributed by atoms with Gasteiger partial charge in [-0.25, -0.2) is 9.50 Å². The maximum atomic E-state index is 11.9. The lowest BCUT2D eigenvalue weighted by atomic mass is 10.00. The van der Waals surface area contributed by atoms with Gasteiger partial charge in [-0.15, -0.1) is 10.2 Å². The van der Waals surface area contributed by atoms with Crippen LogP contribution >= 0.6 is 0 Å². The summed E-state index contributed by atoms with van der Waals surface area (Å²) in [5.41, 5.74) is 2.54. The molecule has 1 unspecified atom stereocenters. The summed E-state index contributed by atoms with van der Waals surface area (Å²) in [6, 6.07) is 5.55. The molecule has 0 spiro atoms. The minimum atomic E-state index is -0.0359. The van der Waals surface area contributed by atoms with Crippen molar-refractivity contribution in [3.8, 4) is 5.88 Å². The zero-order valence-electron chi connectivity index (χ0n) is 14.9. The maximum Gasteiger partial charge on any atom is 0.245 e. The molecule has 9 nitrogen and oxygen atoms in total. The van der Waals surface area contributed by atoms with Gasteiger partial charge in [-0.3, -0.25) is 4.79 Å². The van der Waals surface area contributed by atoms with E-state index >= 15 is 0 Å². The van der Waals surface area contributed by atoms with Crippen LogP contribution in [0.15, 0.2) is 43.4 Å². The number of rotatable bonds is 5. The molecule has 1 N–H and O–H groups in total. The monoisotopic (exact) mass is 365 g/mol. The van der Waals surface area contributed by atoms with Gasteiger partial charge in [0.15, 0.2) is 11.5 Å². The number of nitrogens with zero attached hydrogens (tertiary/aromatic N) is 6. The number of hydrogen-bond acceptors (Lipinski definition) is 7. The maximum absolute atomic E-state index is 11.9. The number of ether oxygens (including phenoxy) is 1. The molecule has 4 rings (SSSR count). The van der Waals surface area contributed by atoms with Gasteiger partial charge in [0.25, 0.3) is 0 Å². The molecule has 0 radical (unpaired) electrons. The summed E-state index contributed by atoms with van der Waals surface area (Å²) in [4.78, 5) is 18.0. The number of anilines is 2. The molecule has 1 amide bonds. The molecule has 1 saturated heterocycles. The van der Waals surface area contributed by atoms with Gasteiger partial charge in [0.05, 0.1) is 12.8 Å². The van der Waals surface area contributed by atoms with E-state index in [0.29, 0.717) is 23.9 Å². The standard InChI is InChI=1S/C18H19N7O2/c1-3-17(26)24-7-6-12(9-24)13-8-14(18-19-11-20-25(18)10-13)21-15-4-5-16(27-2)23-22-15/h3-5,8,10-12H,1,6-7,9H2,2H3,(H,21,22). The second-order valence-electron chi connectivity index (χ2n) is 6.28. The third-order valence-corrected chi connectivity index (χ3v) is 4.65. The van der Waals surface area contributed by atoms with Crippen LogP contribution in [-0.2, 0) is 4.79 Å². The molecule has 3 aromatic rings. The summed E-state index contributed by atoms with van der Waals surface area (Å²) in [5, 5.41) is 15.6. The smallest absolute Gasteiger partial charge is 0.245 e. The van der Waals surface area contributed by atoms with Crippen molar-refractivity contribution in [1.82, 2.24) is 29.7 Å². The van der Waals surface area contributed by atoms with Gasteiger partial charge in [0, 0.05) is 31.3 Å². The van der Waals surface area contributed by atoms with E-state index in [-0.39, 0.29) is 11.8 Å². The first kappa shape index (κ1) is 17.0. The third-order valence-electron chi connectivity index (χ3n) is 4.65. The minimum Gasteiger partial charge on any atom is -0.480 e. The molecular formula is C18H19N7O2. The van der Waals surface area contributed by atoms with Gasteiger partial charge in [0.2, 0.25) is 11.8 Å². The number of carbonyl (C=O) groups is 1. The molecule has 0 aliphatic carbocycles. The second kappa shape index (κ2) is 7.02. The van der Waals surface area contributed by atoms with Crippen molar-refractivity contribution in [2.24, 2.45) is 0 Å². The van der Waals surface area contributed by atoms with Gasteiger partial charge in [-0.1, -0.05) is 6.58 Å². The van der Waals surface area contributed by atoms with E-state index in [9.17, 15) is 4.79 Å². The van der Waals surface area contributed by atoms with Crippen molar-refractivity contribution in [3.05, 3.63) is 48.9 Å². The lowest BCUT2D eigenvalue weighted by Gasteiger charge is -2.16. The van der Waals surface area contributed by atoms with Gasteiger partial charge < -0.3 is 15.0 Å². The summed E-state index contributed by atoms with van der Waals surface area (Å²) in [6.07, 6.45) is 5.71. The van der Waals surface area contributed by atoms with Crippen molar-refractivity contribution < 1.29 is 9.53 Å². The summed E-state index contributed by atoms with van der Waals surface area (Å²) in [7, 11) is 1.54. The van der Waals surface area contributed by atoms with Crippen molar-refractivity contribution in [2.75, 3.05) is 25.5 Å². The highest BCUT2D eigenvalue weighted by atomic mass is 16.5. The Balaban J connectivity index is 1.63. The highest BCUT2D eigenvalue weighted by Crippen LogP contribution is 2.31. The van der Waals surface area contributed by atoms with Gasteiger partial charge in [-0.05, 0) is 30.2 Å². The molecule has 4 heterocycles. The highest BCUT2D eigenvalue weighted by Gasteiger charge is 2.27. The number of likely N-dealkylation sites (tertiary alicyclic amines) is 1. The van der Waals surface area contributed by atoms with Gasteiger partial charge >= 0.3 is 0 Å². The molecule has 0 bridgehead atoms. The molecule has 1 aliphatic rings. The number of carbonyl (C=O) groups excluding carboxylic acids is 1. The number of aromatic nitrogens is 5. The first-order valence-corrected chi connectivity index (χ1v) is 8.57. The number of methoxy groups -OCH3 is 1. The first-order chi connectivity index (χ1) is 13.2. The largest absolute Gasteiger partial charge is 0.480 e. The average Bonchev–Trinajstić information content (AvgIpc) is 3.37. The second-order valence-corrected chi connectivity index (χ2v) is 6.28. The van der Waals surface area contributed by atoms with Crippen LogP contribution in [0.1, 0.15) is 17.9 Å². The quantitative estimate of drug-likeness (QED) is 0.688. The van der Waals surface area contributed by atoms with Crippen molar-refractivity contribution in [3.63, 3.8) is 0 Å². The zero-order chi connectivity index (χ0) is 18.8. The topological polar surface area (TPSA) is 97.5 Å². The van der Waals surface area contributed by atoms with Crippen LogP contribution in [0.2, 0.25) is 0 Å². The van der Waals surface area contributed by atoms with Crippen LogP contribution in [0.25, 0.3) is 5.65 Å². The van der Waals surface area contributed by atoms with Crippen LogP contribution < -0.4 is 10.1 Å². The summed E-state index contributed by atoms with van der Waals surface area (Å²) < 4.78 is 6.76. The Morgan fingerprint density at radius 3 is 3.04 bits per heavy atom. The molecule has 3 aromatic heterocycles. The van der Waals surface area contributed by atoms with Crippen molar-refractivity contribution in [2.45, 2.75) is 12.3 Å². The Morgan fingerprint density at radius 2 is 2.30 bits per heavy atom. The van der Waals surface area contributed by atoms with Crippen LogP contribution in [0.3, 0.4) is 0 Å². The average molecular weight is 365 g/mol. The SMILES string of the molecule is C=CC(=O)N1CCC(c2cc(Nc3ccc(OC)nn3)c3ncnn3c2)C1. The normalized spacial score (nSPS) is 16.5. The van der Waals surface area contributed by atoms with E-state index in [1.165, 1.54) is 12.4 Å². The van der Waals surface area contributed by atoms with E-state index in [2.05, 4.69) is 32.2 Å². The van der Waals surface area contributed by atoms with Gasteiger partial charge in [-0.2, -0.15) is 5.10 Å². The molecule has 138 valence electrons. The third kappa shape index (κ3) is 3.31. The van der Waals surface area contributed by atoms with Crippen LogP contribution in [0, 0.1) is 0 Å². The summed E-state index contributed by atoms with van der Waals surface area (Å²) in [5.74, 6) is 1.21. The first-order valence-electron chi connectivity index (χ1n) is 8.57. The number of hydrogen-bond donors (Lipinski definition) is 1. The Morgan fingerprint density at radius 1 is 1.41 bits per heavy atom. The Kier molecular flexibility index (Phi) is 4.41. The highest BCUT2D eigenvalue weighted by molar-refractivity contribution is 5.87. The summed E-state index contributed by atoms with van der Waals surface area (Å²) >= 11 is 0. The van der Waals surface area contributed by atoms with Crippen LogP contribution in [0.4, 0.5) is 11.5 Å². The zero-order valence-corrected chi connectivity index (χ0v) is 14.9. The van der Waals surface area contributed by atoms with E-state index in [4.69, 9.17) is 4.74 Å². The lowest BCUT2D eigenvalue weighted by Crippen LogP contribution is -2.26. The molecule has 0 saturated carbocycles. The predicted octanol–water partition coefficient (Wildman–Crippen LogP) is 1.77. The summed E-state index contributed by atoms with van der Waals surface area (Å²) in [6.45, 7) is 4.94. The van der Waals surface area contributed by atoms with Crippen molar-refractivity contribution in [1.29, 1.82) is 0 Å². The molecule has 1 fully saturated rings. The Labute approximate surface area is 155 Å². The molecule has 1 aliphatic heterocycles. The molecule has 9 heteroatoms. The van der Waals surface area contributed by atoms with Crippen LogP contribution in [0.5, 0.6) is 5.88 Å². The molecular weight excluding hydrogens is 346 g/mol. The van der Waals surface area contributed by atoms with E-state index in [0.717, 1.165) is 24.2 Å². The Hall–Kier alpha value is -3.49. The molecule has 1 atom stereocenters. The predicted molar refractivity (Wildman–Crippen MR) is 99.0 cm³/mol. The molecule has 0 aromatic carbocycles. The van der Waals surface area contributed by atoms with E-state index in [1.807, 2.05) is 17.2 Å². The van der Waals surface area contributed by atoms with Gasteiger partial charge in [0.1, 0.15) is 6.33 Å². The molecule has 27 heavy (non-hydrogen) atoms. The van der Waals surface area contributed by atoms with Crippen LogP contribution in [-0.4, -0.2) is 55.8 Å². The fourth-order valence-corrected chi connectivity index (χ4v) is 3.26. The number of nitrogens with one attached hydrogen (secondary N) is 1. The fourth-order valence-electron chi connectivity index (χ4n) is 3.26. The number of pyridine rings is 1. The van der Waals surface area contributed by atoms with E-state index < -0.39 is 0 Å². The number of amides is 1. The number of fused-ring (bicyclic) bond motifs is 1. The fraction of sp³-hybridized carbons (Fsp3) is 0.278. The lowest BCUT2D eigenvalue weighted by molar-refractivity contribution is -0.125. The Bertz CT molecular complexity index is 983. The minimum absolute atomic E-state index is 0.0359.